The molecule has 192 valence electrons. The molecule has 4 heterocycles. The van der Waals surface area contributed by atoms with Crippen molar-refractivity contribution in [1.29, 1.82) is 0 Å². The number of hydrogen-bond acceptors (Lipinski definition) is 6. The van der Waals surface area contributed by atoms with Crippen LogP contribution in [0, 0.1) is 17.5 Å². The minimum atomic E-state index is -1.04. The minimum Gasteiger partial charge on any atom is -0.346 e. The molecule has 0 aliphatic carbocycles. The molecule has 2 amide bonds. The number of rotatable bonds is 3. The summed E-state index contributed by atoms with van der Waals surface area (Å²) < 4.78 is 48.2. The molecule has 1 aromatic carbocycles. The fraction of sp³-hybridized carbons (Fsp3) is 0.520. The van der Waals surface area contributed by atoms with E-state index >= 15 is 0 Å². The lowest BCUT2D eigenvalue weighted by Gasteiger charge is -2.37. The molecule has 1 aromatic heterocycles. The van der Waals surface area contributed by atoms with Gasteiger partial charge in [-0.2, -0.15) is 0 Å². The van der Waals surface area contributed by atoms with E-state index in [1.807, 2.05) is 0 Å². The van der Waals surface area contributed by atoms with Crippen LogP contribution in [-0.2, 0) is 9.53 Å². The third-order valence-corrected chi connectivity index (χ3v) is 6.88. The Kier molecular flexibility index (Phi) is 5.93. The number of benzene rings is 1. The van der Waals surface area contributed by atoms with Crippen LogP contribution in [0.25, 0.3) is 0 Å². The second-order valence-corrected chi connectivity index (χ2v) is 10.6. The van der Waals surface area contributed by atoms with Crippen LogP contribution in [-0.4, -0.2) is 57.1 Å². The highest BCUT2D eigenvalue weighted by atomic mass is 19.1. The summed E-state index contributed by atoms with van der Waals surface area (Å²) in [5, 5.41) is 2.69. The molecular weight excluding hydrogens is 475 g/mol. The number of anilines is 1. The maximum Gasteiger partial charge on any atom is 0.273 e. The lowest BCUT2D eigenvalue weighted by Crippen LogP contribution is -2.51. The zero-order valence-electron chi connectivity index (χ0n) is 20.4. The molecule has 3 aliphatic heterocycles. The molecule has 0 unspecified atom stereocenters. The van der Waals surface area contributed by atoms with E-state index < -0.39 is 46.8 Å². The third kappa shape index (κ3) is 4.40. The number of fused-ring (bicyclic) bond motifs is 1. The zero-order chi connectivity index (χ0) is 25.8. The van der Waals surface area contributed by atoms with E-state index in [2.05, 4.69) is 15.3 Å². The van der Waals surface area contributed by atoms with Crippen molar-refractivity contribution in [2.75, 3.05) is 18.0 Å². The Morgan fingerprint density at radius 2 is 1.78 bits per heavy atom. The second kappa shape index (κ2) is 8.72. The second-order valence-electron chi connectivity index (χ2n) is 10.6. The Morgan fingerprint density at radius 3 is 2.42 bits per heavy atom. The van der Waals surface area contributed by atoms with Crippen LogP contribution >= 0.6 is 0 Å². The van der Waals surface area contributed by atoms with Gasteiger partial charge in [0.05, 0.1) is 12.2 Å². The number of nitrogens with zero attached hydrogens (tertiary/aromatic N) is 4. The number of carbonyl (C=O) groups excluding carboxylic acids is 2. The molecule has 0 saturated carbocycles. The number of nitrogens with one attached hydrogen (secondary N) is 1. The van der Waals surface area contributed by atoms with Gasteiger partial charge in [0.2, 0.25) is 5.95 Å². The molecule has 3 saturated heterocycles. The van der Waals surface area contributed by atoms with Gasteiger partial charge in [-0.25, -0.2) is 23.1 Å². The number of carbonyl (C=O) groups is 2. The van der Waals surface area contributed by atoms with Gasteiger partial charge < -0.3 is 19.9 Å². The van der Waals surface area contributed by atoms with Crippen molar-refractivity contribution in [3.05, 3.63) is 53.1 Å². The van der Waals surface area contributed by atoms with Gasteiger partial charge in [0.15, 0.2) is 17.1 Å². The predicted octanol–water partition coefficient (Wildman–Crippen LogP) is 3.48. The average Bonchev–Trinajstić information content (AvgIpc) is 3.31. The van der Waals surface area contributed by atoms with Gasteiger partial charge in [-0.1, -0.05) is 0 Å². The summed E-state index contributed by atoms with van der Waals surface area (Å²) in [7, 11) is 0. The standard InChI is InChI=1S/C25H28F3N5O3/c1-24(2,3)31-21(34)20-17(28)13-29-23(30-20)32-8-6-25(7-9-32)22(35)33-18(4-5-19(33)36-25)14-10-15(26)12-16(27)11-14/h10-13,18-19H,4-9H2,1-3H3,(H,31,34)/t18-,19+/m0/s1. The van der Waals surface area contributed by atoms with Crippen LogP contribution in [0.1, 0.15) is 68.5 Å². The van der Waals surface area contributed by atoms with E-state index in [9.17, 15) is 22.8 Å². The highest BCUT2D eigenvalue weighted by Gasteiger charge is 2.58. The highest BCUT2D eigenvalue weighted by molar-refractivity contribution is 5.93. The summed E-state index contributed by atoms with van der Waals surface area (Å²) in [5.41, 5.74) is -1.52. The number of hydrogen-bond donors (Lipinski definition) is 1. The van der Waals surface area contributed by atoms with Crippen LogP contribution in [0.2, 0.25) is 0 Å². The fourth-order valence-electron chi connectivity index (χ4n) is 5.28. The number of piperidine rings is 1. The third-order valence-electron chi connectivity index (χ3n) is 6.88. The van der Waals surface area contributed by atoms with Crippen molar-refractivity contribution in [2.45, 2.75) is 69.9 Å². The molecular formula is C25H28F3N5O3. The first kappa shape index (κ1) is 24.5. The van der Waals surface area contributed by atoms with Crippen LogP contribution in [0.3, 0.4) is 0 Å². The van der Waals surface area contributed by atoms with E-state index in [0.717, 1.165) is 12.3 Å². The van der Waals surface area contributed by atoms with E-state index in [1.54, 1.807) is 30.6 Å². The highest BCUT2D eigenvalue weighted by Crippen LogP contribution is 2.48. The number of aromatic nitrogens is 2. The summed E-state index contributed by atoms with van der Waals surface area (Å²) in [6.45, 7) is 6.08. The van der Waals surface area contributed by atoms with Crippen LogP contribution in [0.4, 0.5) is 19.1 Å². The Hall–Kier alpha value is -3.21. The van der Waals surface area contributed by atoms with Gasteiger partial charge in [-0.3, -0.25) is 9.59 Å². The van der Waals surface area contributed by atoms with E-state index in [-0.39, 0.29) is 17.5 Å². The van der Waals surface area contributed by atoms with Crippen molar-refractivity contribution in [1.82, 2.24) is 20.2 Å². The SMILES string of the molecule is CC(C)(C)NC(=O)c1nc(N2CCC3(CC2)O[C@@H]2CC[C@@H](c4cc(F)cc(F)c4)N2C3=O)ncc1F. The normalized spacial score (nSPS) is 23.3. The first-order valence-corrected chi connectivity index (χ1v) is 12.0. The first-order chi connectivity index (χ1) is 17.0. The van der Waals surface area contributed by atoms with E-state index in [4.69, 9.17) is 4.74 Å². The van der Waals surface area contributed by atoms with Gasteiger partial charge in [0.25, 0.3) is 11.8 Å². The largest absolute Gasteiger partial charge is 0.346 e. The van der Waals surface area contributed by atoms with Crippen LogP contribution in [0.15, 0.2) is 24.4 Å². The molecule has 2 atom stereocenters. The van der Waals surface area contributed by atoms with Crippen molar-refractivity contribution < 1.29 is 27.5 Å². The summed E-state index contributed by atoms with van der Waals surface area (Å²) in [5.74, 6) is -2.80. The van der Waals surface area contributed by atoms with Crippen LogP contribution < -0.4 is 10.2 Å². The Morgan fingerprint density at radius 1 is 1.11 bits per heavy atom. The molecule has 0 bridgehead atoms. The van der Waals surface area contributed by atoms with E-state index in [0.29, 0.717) is 44.3 Å². The van der Waals surface area contributed by atoms with Gasteiger partial charge >= 0.3 is 0 Å². The fourth-order valence-corrected chi connectivity index (χ4v) is 5.28. The predicted molar refractivity (Wildman–Crippen MR) is 123 cm³/mol. The lowest BCUT2D eigenvalue weighted by molar-refractivity contribution is -0.140. The Balaban J connectivity index is 1.31. The maximum atomic E-state index is 14.3. The first-order valence-electron chi connectivity index (χ1n) is 12.0. The Labute approximate surface area is 206 Å². The molecule has 5 rings (SSSR count). The number of amides is 2. The molecule has 8 nitrogen and oxygen atoms in total. The number of halogens is 3. The summed E-state index contributed by atoms with van der Waals surface area (Å²) >= 11 is 0. The quantitative estimate of drug-likeness (QED) is 0.690. The monoisotopic (exact) mass is 503 g/mol. The van der Waals surface area contributed by atoms with Gasteiger partial charge in [-0.05, 0) is 51.3 Å². The zero-order valence-corrected chi connectivity index (χ0v) is 20.4. The molecule has 1 N–H and O–H groups in total. The molecule has 2 aromatic rings. The molecule has 3 fully saturated rings. The molecule has 0 radical (unpaired) electrons. The topological polar surface area (TPSA) is 87.7 Å². The molecule has 11 heteroatoms. The minimum absolute atomic E-state index is 0.190. The van der Waals surface area contributed by atoms with Crippen molar-refractivity contribution >= 4 is 17.8 Å². The van der Waals surface area contributed by atoms with Gasteiger partial charge in [-0.15, -0.1) is 0 Å². The van der Waals surface area contributed by atoms with Crippen molar-refractivity contribution in [3.63, 3.8) is 0 Å². The molecule has 3 aliphatic rings. The average molecular weight is 504 g/mol. The van der Waals surface area contributed by atoms with Crippen molar-refractivity contribution in [2.24, 2.45) is 0 Å². The van der Waals surface area contributed by atoms with Crippen molar-refractivity contribution in [3.8, 4) is 0 Å². The Bertz CT molecular complexity index is 1190. The van der Waals surface area contributed by atoms with Gasteiger partial charge in [0.1, 0.15) is 17.9 Å². The lowest BCUT2D eigenvalue weighted by atomic mass is 9.89. The van der Waals surface area contributed by atoms with Gasteiger partial charge in [0, 0.05) is 37.5 Å². The summed E-state index contributed by atoms with van der Waals surface area (Å²) in [6, 6.07) is 2.88. The summed E-state index contributed by atoms with van der Waals surface area (Å²) in [4.78, 5) is 37.7. The number of ether oxygens (including phenoxy) is 1. The summed E-state index contributed by atoms with van der Waals surface area (Å²) in [6.07, 6.45) is 2.34. The van der Waals surface area contributed by atoms with Crippen LogP contribution in [0.5, 0.6) is 0 Å². The smallest absolute Gasteiger partial charge is 0.273 e. The molecule has 1 spiro atoms. The van der Waals surface area contributed by atoms with E-state index in [1.165, 1.54) is 12.1 Å². The molecule has 36 heavy (non-hydrogen) atoms. The maximum absolute atomic E-state index is 14.3.